The van der Waals surface area contributed by atoms with Crippen molar-refractivity contribution >= 4 is 5.84 Å². The van der Waals surface area contributed by atoms with Crippen molar-refractivity contribution in [2.24, 2.45) is 16.9 Å². The third-order valence-corrected chi connectivity index (χ3v) is 1.95. The van der Waals surface area contributed by atoms with Gasteiger partial charge in [0.25, 0.3) is 5.84 Å². The fourth-order valence-electron chi connectivity index (χ4n) is 1.22. The summed E-state index contributed by atoms with van der Waals surface area (Å²) < 4.78 is 0. The van der Waals surface area contributed by atoms with E-state index in [1.807, 2.05) is 7.05 Å². The van der Waals surface area contributed by atoms with Crippen molar-refractivity contribution in [2.45, 2.75) is 39.5 Å². The molecule has 0 spiro atoms. The molecular weight excluding hydrogens is 164 g/mol. The van der Waals surface area contributed by atoms with Gasteiger partial charge < -0.3 is 0 Å². The minimum atomic E-state index is 0.806. The van der Waals surface area contributed by atoms with E-state index in [2.05, 4.69) is 18.9 Å². The van der Waals surface area contributed by atoms with E-state index in [4.69, 9.17) is 5.84 Å². The van der Waals surface area contributed by atoms with E-state index in [1.165, 1.54) is 19.3 Å². The summed E-state index contributed by atoms with van der Waals surface area (Å²) in [6.07, 6.45) is 4.77. The number of amidine groups is 1. The molecule has 0 heterocycles. The van der Waals surface area contributed by atoms with Crippen LogP contribution < -0.4 is 16.7 Å². The molecular formula is C9H24N4+2. The van der Waals surface area contributed by atoms with Crippen molar-refractivity contribution in [3.05, 3.63) is 0 Å². The van der Waals surface area contributed by atoms with Gasteiger partial charge in [0.2, 0.25) is 0 Å². The van der Waals surface area contributed by atoms with Crippen LogP contribution in [0, 0.1) is 5.92 Å². The second kappa shape index (κ2) is 8.16. The number of unbranched alkanes of at least 4 members (excludes halogenated alkanes) is 1. The van der Waals surface area contributed by atoms with Crippen LogP contribution in [0.25, 0.3) is 0 Å². The molecule has 6 N–H and O–H groups in total. The number of hydrogen-bond acceptors (Lipinski definition) is 2. The summed E-state index contributed by atoms with van der Waals surface area (Å²) in [4.78, 5) is 0. The minimum absolute atomic E-state index is 0.806. The highest BCUT2D eigenvalue weighted by Crippen LogP contribution is 2.07. The molecule has 0 saturated carbocycles. The number of rotatable bonds is 6. The molecule has 0 aromatic carbocycles. The highest BCUT2D eigenvalue weighted by atomic mass is 15.4. The van der Waals surface area contributed by atoms with Crippen molar-refractivity contribution in [3.63, 3.8) is 0 Å². The van der Waals surface area contributed by atoms with Crippen LogP contribution in [0.15, 0.2) is 5.10 Å². The Kier molecular flexibility index (Phi) is 7.88. The summed E-state index contributed by atoms with van der Waals surface area (Å²) in [6.45, 7) is 4.51. The van der Waals surface area contributed by atoms with E-state index in [0.29, 0.717) is 0 Å². The number of nitrogens with zero attached hydrogens (tertiary/aromatic N) is 1. The second-order valence-corrected chi connectivity index (χ2v) is 3.68. The normalized spacial score (nSPS) is 12.5. The minimum Gasteiger partial charge on any atom is -0.223 e. The summed E-state index contributed by atoms with van der Waals surface area (Å²) in [7, 11) is 1.91. The van der Waals surface area contributed by atoms with Gasteiger partial charge in [-0.15, -0.1) is 0 Å². The molecule has 0 radical (unpaired) electrons. The van der Waals surface area contributed by atoms with Gasteiger partial charge in [0.15, 0.2) is 0 Å². The lowest BCUT2D eigenvalue weighted by atomic mass is 10.1. The predicted octanol–water partition coefficient (Wildman–Crippen LogP) is -0.853. The third kappa shape index (κ3) is 7.90. The first-order valence-electron chi connectivity index (χ1n) is 5.10. The zero-order valence-corrected chi connectivity index (χ0v) is 9.09. The summed E-state index contributed by atoms with van der Waals surface area (Å²) in [5.74, 6) is 7.24. The number of hydrogen-bond donors (Lipinski definition) is 3. The number of nitrogens with two attached hydrogens (primary N) is 3. The Morgan fingerprint density at radius 2 is 2.08 bits per heavy atom. The molecule has 4 nitrogen and oxygen atoms in total. The van der Waals surface area contributed by atoms with Gasteiger partial charge in [0.1, 0.15) is 0 Å². The number of quaternary nitrogens is 2. The van der Waals surface area contributed by atoms with Crippen LogP contribution >= 0.6 is 0 Å². The first-order chi connectivity index (χ1) is 6.20. The maximum atomic E-state index is 5.43. The smallest absolute Gasteiger partial charge is 0.223 e. The van der Waals surface area contributed by atoms with Gasteiger partial charge in [0.05, 0.1) is 7.05 Å². The van der Waals surface area contributed by atoms with Gasteiger partial charge in [-0.1, -0.05) is 26.7 Å². The largest absolute Gasteiger partial charge is 0.268 e. The van der Waals surface area contributed by atoms with Crippen LogP contribution in [0.2, 0.25) is 0 Å². The van der Waals surface area contributed by atoms with Crippen LogP contribution in [-0.2, 0) is 0 Å². The molecule has 4 heteroatoms. The van der Waals surface area contributed by atoms with E-state index >= 15 is 0 Å². The quantitative estimate of drug-likeness (QED) is 0.164. The zero-order valence-electron chi connectivity index (χ0n) is 9.09. The Morgan fingerprint density at radius 3 is 2.54 bits per heavy atom. The Balaban J connectivity index is 3.44. The molecule has 0 aliphatic heterocycles. The highest BCUT2D eigenvalue weighted by molar-refractivity contribution is 5.71. The molecule has 78 valence electrons. The third-order valence-electron chi connectivity index (χ3n) is 1.95. The molecule has 13 heavy (non-hydrogen) atoms. The molecule has 0 saturated heterocycles. The molecule has 0 aliphatic rings. The average Bonchev–Trinajstić information content (AvgIpc) is 2.10. The van der Waals surface area contributed by atoms with E-state index in [-0.39, 0.29) is 0 Å². The maximum Gasteiger partial charge on any atom is 0.268 e. The van der Waals surface area contributed by atoms with Crippen LogP contribution in [0.4, 0.5) is 0 Å². The summed E-state index contributed by atoms with van der Waals surface area (Å²) in [5, 5.41) is 4.17. The first kappa shape index (κ1) is 12.6. The topological polar surface area (TPSA) is 71.6 Å². The van der Waals surface area contributed by atoms with Crippen LogP contribution in [0.5, 0.6) is 0 Å². The zero-order chi connectivity index (χ0) is 10.1. The summed E-state index contributed by atoms with van der Waals surface area (Å²) >= 11 is 0. The standard InChI is InChI=1S/C9H22N4/c1-8(2)6-4-5-7-9(12-10)13-11-3/h8,11H,4-7,10H2,1-3H3,(H,12,13)/p+2. The maximum absolute atomic E-state index is 5.43. The fourth-order valence-corrected chi connectivity index (χ4v) is 1.22. The molecule has 0 aromatic heterocycles. The van der Waals surface area contributed by atoms with Crippen molar-refractivity contribution in [3.8, 4) is 0 Å². The molecule has 0 unspecified atom stereocenters. The lowest BCUT2D eigenvalue weighted by Crippen LogP contribution is -2.96. The second-order valence-electron chi connectivity index (χ2n) is 3.68. The molecule has 0 rings (SSSR count). The van der Waals surface area contributed by atoms with E-state index < -0.39 is 0 Å². The van der Waals surface area contributed by atoms with E-state index in [1.54, 1.807) is 10.9 Å². The Hall–Kier alpha value is -0.450. The fraction of sp³-hybridized carbons (Fsp3) is 0.889. The average molecular weight is 188 g/mol. The molecule has 0 amide bonds. The predicted molar refractivity (Wildman–Crippen MR) is 54.7 cm³/mol. The van der Waals surface area contributed by atoms with Crippen LogP contribution in [-0.4, -0.2) is 12.9 Å². The Bertz CT molecular complexity index is 143. The lowest BCUT2D eigenvalue weighted by Gasteiger charge is -2.02. The molecule has 0 fully saturated rings. The van der Waals surface area contributed by atoms with E-state index in [9.17, 15) is 0 Å². The van der Waals surface area contributed by atoms with Crippen molar-refractivity contribution in [1.82, 2.24) is 0 Å². The van der Waals surface area contributed by atoms with Crippen LogP contribution in [0.3, 0.4) is 0 Å². The lowest BCUT2D eigenvalue weighted by molar-refractivity contribution is -0.648. The van der Waals surface area contributed by atoms with Gasteiger partial charge in [-0.3, -0.25) is 0 Å². The van der Waals surface area contributed by atoms with Crippen LogP contribution in [0.1, 0.15) is 39.5 Å². The van der Waals surface area contributed by atoms with Crippen molar-refractivity contribution in [1.29, 1.82) is 0 Å². The van der Waals surface area contributed by atoms with Gasteiger partial charge in [-0.25, -0.2) is 10.9 Å². The molecule has 0 bridgehead atoms. The van der Waals surface area contributed by atoms with Gasteiger partial charge in [0, 0.05) is 6.42 Å². The SMILES string of the molecule is C[NH2+]N=C(CCCCC(C)C)[NH2+]N. The first-order valence-corrected chi connectivity index (χ1v) is 5.10. The van der Waals surface area contributed by atoms with Gasteiger partial charge >= 0.3 is 0 Å². The van der Waals surface area contributed by atoms with Crippen molar-refractivity contribution < 1.29 is 10.9 Å². The van der Waals surface area contributed by atoms with Gasteiger partial charge in [-0.05, 0) is 17.4 Å². The summed E-state index contributed by atoms with van der Waals surface area (Å²) in [6, 6.07) is 0. The molecule has 0 aliphatic carbocycles. The monoisotopic (exact) mass is 188 g/mol. The van der Waals surface area contributed by atoms with E-state index in [0.717, 1.165) is 18.2 Å². The molecule has 0 aromatic rings. The van der Waals surface area contributed by atoms with Gasteiger partial charge in [-0.2, -0.15) is 5.84 Å². The Morgan fingerprint density at radius 1 is 1.38 bits per heavy atom. The Labute approximate surface area is 80.9 Å². The summed E-state index contributed by atoms with van der Waals surface area (Å²) in [5.41, 5.74) is 3.40. The highest BCUT2D eigenvalue weighted by Gasteiger charge is 2.03. The molecule has 0 atom stereocenters. The van der Waals surface area contributed by atoms with Crippen molar-refractivity contribution in [2.75, 3.05) is 7.05 Å².